The average molecular weight is 384 g/mol. The number of rotatable bonds is 9. The summed E-state index contributed by atoms with van der Waals surface area (Å²) >= 11 is 0. The van der Waals surface area contributed by atoms with Crippen LogP contribution in [-0.4, -0.2) is 37.5 Å². The second-order valence-electron chi connectivity index (χ2n) is 5.90. The number of carbonyl (C=O) groups excluding carboxylic acids is 3. The predicted octanol–water partition coefficient (Wildman–Crippen LogP) is 2.56. The third-order valence-electron chi connectivity index (χ3n) is 3.80. The number of carbonyl (C=O) groups is 3. The van der Waals surface area contributed by atoms with Gasteiger partial charge in [-0.05, 0) is 55.3 Å². The minimum atomic E-state index is -0.697. The monoisotopic (exact) mass is 384 g/mol. The van der Waals surface area contributed by atoms with E-state index in [0.29, 0.717) is 23.6 Å². The summed E-state index contributed by atoms with van der Waals surface area (Å²) in [5.74, 6) is -0.897. The number of aryl methyl sites for hydroxylation is 1. The number of hydrogen-bond acceptors (Lipinski definition) is 5. The Morgan fingerprint density at radius 3 is 2.43 bits per heavy atom. The van der Waals surface area contributed by atoms with Crippen LogP contribution in [0.4, 0.5) is 5.69 Å². The molecule has 0 aromatic heterocycles. The molecule has 148 valence electrons. The number of benzene rings is 2. The molecule has 0 saturated carbocycles. The summed E-state index contributed by atoms with van der Waals surface area (Å²) in [6, 6.07) is 14.0. The van der Waals surface area contributed by atoms with Crippen LogP contribution in [0.2, 0.25) is 0 Å². The van der Waals surface area contributed by atoms with Gasteiger partial charge in [0.1, 0.15) is 12.3 Å². The summed E-state index contributed by atoms with van der Waals surface area (Å²) in [7, 11) is 0. The summed E-state index contributed by atoms with van der Waals surface area (Å²) in [5.41, 5.74) is 2.13. The summed E-state index contributed by atoms with van der Waals surface area (Å²) in [5, 5.41) is 5.12. The zero-order valence-electron chi connectivity index (χ0n) is 16.0. The van der Waals surface area contributed by atoms with Crippen LogP contribution in [0, 0.1) is 0 Å². The highest BCUT2D eigenvalue weighted by Gasteiger charge is 2.11. The molecule has 2 rings (SSSR count). The topological polar surface area (TPSA) is 93.7 Å². The van der Waals surface area contributed by atoms with E-state index in [1.54, 1.807) is 30.3 Å². The van der Waals surface area contributed by atoms with Gasteiger partial charge in [-0.25, -0.2) is 0 Å². The third-order valence-corrected chi connectivity index (χ3v) is 3.80. The lowest BCUT2D eigenvalue weighted by atomic mass is 10.1. The van der Waals surface area contributed by atoms with E-state index < -0.39 is 24.4 Å². The van der Waals surface area contributed by atoms with Gasteiger partial charge in [0.25, 0.3) is 11.8 Å². The Bertz CT molecular complexity index is 818. The Morgan fingerprint density at radius 2 is 1.75 bits per heavy atom. The summed E-state index contributed by atoms with van der Waals surface area (Å²) in [6.07, 6.45) is 0.854. The maximum absolute atomic E-state index is 12.0. The van der Waals surface area contributed by atoms with E-state index in [1.165, 1.54) is 0 Å². The van der Waals surface area contributed by atoms with E-state index in [-0.39, 0.29) is 6.54 Å². The van der Waals surface area contributed by atoms with Gasteiger partial charge < -0.3 is 20.1 Å². The Hall–Kier alpha value is -3.35. The SMILES string of the molecule is CCOc1ccc(C(=O)NCC(=O)OCC(=O)Nc2cccc(CC)c2)cc1. The van der Waals surface area contributed by atoms with Crippen molar-refractivity contribution in [3.05, 3.63) is 59.7 Å². The van der Waals surface area contributed by atoms with Gasteiger partial charge in [0.2, 0.25) is 0 Å². The molecule has 7 heteroatoms. The molecule has 2 N–H and O–H groups in total. The standard InChI is InChI=1S/C21H24N2O5/c1-3-15-6-5-7-17(12-15)23-19(24)14-28-20(25)13-22-21(26)16-8-10-18(11-9-16)27-4-2/h5-12H,3-4,13-14H2,1-2H3,(H,22,26)(H,23,24). The molecule has 28 heavy (non-hydrogen) atoms. The van der Waals surface area contributed by atoms with Gasteiger partial charge >= 0.3 is 5.97 Å². The van der Waals surface area contributed by atoms with Crippen LogP contribution in [-0.2, 0) is 20.7 Å². The first-order valence-corrected chi connectivity index (χ1v) is 9.07. The lowest BCUT2D eigenvalue weighted by Crippen LogP contribution is -2.32. The van der Waals surface area contributed by atoms with Gasteiger partial charge in [-0.2, -0.15) is 0 Å². The summed E-state index contributed by atoms with van der Waals surface area (Å²) < 4.78 is 10.2. The van der Waals surface area contributed by atoms with Crippen molar-refractivity contribution in [3.8, 4) is 5.75 Å². The lowest BCUT2D eigenvalue weighted by molar-refractivity contribution is -0.146. The van der Waals surface area contributed by atoms with Crippen molar-refractivity contribution in [2.75, 3.05) is 25.1 Å². The average Bonchev–Trinajstić information content (AvgIpc) is 2.71. The van der Waals surface area contributed by atoms with Crippen molar-refractivity contribution < 1.29 is 23.9 Å². The normalized spacial score (nSPS) is 10.1. The highest BCUT2D eigenvalue weighted by atomic mass is 16.5. The fourth-order valence-electron chi connectivity index (χ4n) is 2.39. The molecule has 2 aromatic rings. The molecule has 0 aliphatic carbocycles. The van der Waals surface area contributed by atoms with Gasteiger partial charge in [0.15, 0.2) is 6.61 Å². The van der Waals surface area contributed by atoms with Crippen molar-refractivity contribution in [2.45, 2.75) is 20.3 Å². The van der Waals surface area contributed by atoms with Crippen LogP contribution < -0.4 is 15.4 Å². The number of ether oxygens (including phenoxy) is 2. The molecule has 0 saturated heterocycles. The van der Waals surface area contributed by atoms with E-state index in [4.69, 9.17) is 9.47 Å². The van der Waals surface area contributed by atoms with Gasteiger partial charge in [0.05, 0.1) is 6.61 Å². The molecule has 2 aromatic carbocycles. The molecule has 0 atom stereocenters. The Kier molecular flexibility index (Phi) is 8.02. The molecular formula is C21H24N2O5. The first-order chi connectivity index (χ1) is 13.5. The van der Waals surface area contributed by atoms with E-state index in [0.717, 1.165) is 12.0 Å². The fourth-order valence-corrected chi connectivity index (χ4v) is 2.39. The van der Waals surface area contributed by atoms with Crippen LogP contribution in [0.25, 0.3) is 0 Å². The highest BCUT2D eigenvalue weighted by Crippen LogP contribution is 2.12. The molecule has 0 aliphatic rings. The number of anilines is 1. The molecule has 0 heterocycles. The molecule has 0 aliphatic heterocycles. The number of hydrogen-bond donors (Lipinski definition) is 2. The zero-order chi connectivity index (χ0) is 20.4. The molecular weight excluding hydrogens is 360 g/mol. The maximum Gasteiger partial charge on any atom is 0.325 e. The van der Waals surface area contributed by atoms with Crippen LogP contribution in [0.3, 0.4) is 0 Å². The van der Waals surface area contributed by atoms with Crippen molar-refractivity contribution in [3.63, 3.8) is 0 Å². The molecule has 7 nitrogen and oxygen atoms in total. The molecule has 2 amide bonds. The molecule has 0 fully saturated rings. The van der Waals surface area contributed by atoms with Crippen LogP contribution in [0.5, 0.6) is 5.75 Å². The molecule has 0 bridgehead atoms. The number of nitrogens with one attached hydrogen (secondary N) is 2. The molecule has 0 spiro atoms. The quantitative estimate of drug-likeness (QED) is 0.648. The Morgan fingerprint density at radius 1 is 1.00 bits per heavy atom. The Balaban J connectivity index is 1.72. The zero-order valence-corrected chi connectivity index (χ0v) is 16.0. The van der Waals surface area contributed by atoms with Crippen LogP contribution >= 0.6 is 0 Å². The van der Waals surface area contributed by atoms with Gasteiger partial charge in [-0.3, -0.25) is 14.4 Å². The van der Waals surface area contributed by atoms with Crippen molar-refractivity contribution >= 4 is 23.5 Å². The van der Waals surface area contributed by atoms with Gasteiger partial charge in [-0.1, -0.05) is 19.1 Å². The smallest absolute Gasteiger partial charge is 0.325 e. The number of amides is 2. The third kappa shape index (κ3) is 6.75. The fraction of sp³-hybridized carbons (Fsp3) is 0.286. The van der Waals surface area contributed by atoms with Gasteiger partial charge in [-0.15, -0.1) is 0 Å². The second-order valence-corrected chi connectivity index (χ2v) is 5.90. The van der Waals surface area contributed by atoms with Crippen LogP contribution in [0.15, 0.2) is 48.5 Å². The minimum absolute atomic E-state index is 0.329. The minimum Gasteiger partial charge on any atom is -0.494 e. The highest BCUT2D eigenvalue weighted by molar-refractivity contribution is 5.96. The molecule has 0 unspecified atom stereocenters. The van der Waals surface area contributed by atoms with E-state index in [2.05, 4.69) is 10.6 Å². The van der Waals surface area contributed by atoms with Crippen molar-refractivity contribution in [1.29, 1.82) is 0 Å². The summed E-state index contributed by atoms with van der Waals surface area (Å²) in [4.78, 5) is 35.6. The Labute approximate surface area is 164 Å². The maximum atomic E-state index is 12.0. The van der Waals surface area contributed by atoms with E-state index >= 15 is 0 Å². The van der Waals surface area contributed by atoms with Crippen molar-refractivity contribution in [1.82, 2.24) is 5.32 Å². The molecule has 0 radical (unpaired) electrons. The van der Waals surface area contributed by atoms with Gasteiger partial charge in [0, 0.05) is 11.3 Å². The van der Waals surface area contributed by atoms with Crippen LogP contribution in [0.1, 0.15) is 29.8 Å². The first kappa shape index (κ1) is 21.0. The van der Waals surface area contributed by atoms with E-state index in [1.807, 2.05) is 32.0 Å². The lowest BCUT2D eigenvalue weighted by Gasteiger charge is -2.09. The first-order valence-electron chi connectivity index (χ1n) is 9.07. The van der Waals surface area contributed by atoms with Crippen molar-refractivity contribution in [2.24, 2.45) is 0 Å². The largest absolute Gasteiger partial charge is 0.494 e. The predicted molar refractivity (Wildman–Crippen MR) is 105 cm³/mol. The number of esters is 1. The second kappa shape index (κ2) is 10.7. The van der Waals surface area contributed by atoms with E-state index in [9.17, 15) is 14.4 Å². The summed E-state index contributed by atoms with van der Waals surface area (Å²) in [6.45, 7) is 3.67.